The third-order valence-electron chi connectivity index (χ3n) is 3.33. The molecule has 1 aromatic rings. The van der Waals surface area contributed by atoms with Gasteiger partial charge in [0.05, 0.1) is 18.6 Å². The Hall–Kier alpha value is -2.06. The number of thiocarbonyl (C=S) groups is 1. The fourth-order valence-electron chi connectivity index (χ4n) is 2.12. The molecule has 1 aliphatic rings. The quantitative estimate of drug-likeness (QED) is 0.409. The van der Waals surface area contributed by atoms with Gasteiger partial charge < -0.3 is 14.2 Å². The van der Waals surface area contributed by atoms with Crippen molar-refractivity contribution in [1.82, 2.24) is 4.90 Å². The molecule has 8 heteroatoms. The summed E-state index contributed by atoms with van der Waals surface area (Å²) in [7, 11) is 1.30. The SMILES string of the molecule is CCOc1cc(/C=C2\SC(=S)N(CC)C2=O)ccc1OCC(=O)OC. The van der Waals surface area contributed by atoms with E-state index < -0.39 is 5.97 Å². The Morgan fingerprint density at radius 1 is 1.28 bits per heavy atom. The van der Waals surface area contributed by atoms with Crippen LogP contribution in [0.4, 0.5) is 0 Å². The molecule has 1 aliphatic heterocycles. The minimum atomic E-state index is -0.477. The van der Waals surface area contributed by atoms with Crippen molar-refractivity contribution in [2.24, 2.45) is 0 Å². The molecular weight excluding hydrogens is 362 g/mol. The first-order valence-electron chi connectivity index (χ1n) is 7.72. The maximum atomic E-state index is 12.3. The summed E-state index contributed by atoms with van der Waals surface area (Å²) in [6, 6.07) is 5.24. The van der Waals surface area contributed by atoms with E-state index in [1.807, 2.05) is 13.8 Å². The van der Waals surface area contributed by atoms with Crippen molar-refractivity contribution >= 4 is 46.3 Å². The van der Waals surface area contributed by atoms with E-state index in [0.717, 1.165) is 5.56 Å². The Bertz CT molecular complexity index is 717. The number of hydrogen-bond donors (Lipinski definition) is 0. The van der Waals surface area contributed by atoms with Gasteiger partial charge in [-0.3, -0.25) is 9.69 Å². The predicted molar refractivity (Wildman–Crippen MR) is 101 cm³/mol. The molecule has 0 atom stereocenters. The molecule has 1 aromatic carbocycles. The van der Waals surface area contributed by atoms with E-state index in [9.17, 15) is 9.59 Å². The Labute approximate surface area is 156 Å². The van der Waals surface area contributed by atoms with Crippen molar-refractivity contribution in [3.63, 3.8) is 0 Å². The van der Waals surface area contributed by atoms with Gasteiger partial charge in [-0.05, 0) is 37.6 Å². The van der Waals surface area contributed by atoms with E-state index in [4.69, 9.17) is 21.7 Å². The third-order valence-corrected chi connectivity index (χ3v) is 4.71. The van der Waals surface area contributed by atoms with Crippen LogP contribution in [0.3, 0.4) is 0 Å². The molecule has 134 valence electrons. The first-order valence-corrected chi connectivity index (χ1v) is 8.94. The van der Waals surface area contributed by atoms with Gasteiger partial charge in [-0.25, -0.2) is 4.79 Å². The maximum Gasteiger partial charge on any atom is 0.343 e. The Morgan fingerprint density at radius 3 is 2.64 bits per heavy atom. The fourth-order valence-corrected chi connectivity index (χ4v) is 3.51. The van der Waals surface area contributed by atoms with Crippen molar-refractivity contribution in [1.29, 1.82) is 0 Å². The zero-order valence-electron chi connectivity index (χ0n) is 14.2. The zero-order chi connectivity index (χ0) is 18.4. The van der Waals surface area contributed by atoms with E-state index in [2.05, 4.69) is 4.74 Å². The van der Waals surface area contributed by atoms with Gasteiger partial charge in [-0.1, -0.05) is 30.0 Å². The van der Waals surface area contributed by atoms with Crippen molar-refractivity contribution in [3.8, 4) is 11.5 Å². The van der Waals surface area contributed by atoms with Gasteiger partial charge in [-0.15, -0.1) is 0 Å². The Balaban J connectivity index is 2.23. The number of carbonyl (C=O) groups excluding carboxylic acids is 2. The number of carbonyl (C=O) groups is 2. The highest BCUT2D eigenvalue weighted by Crippen LogP contribution is 2.34. The van der Waals surface area contributed by atoms with Crippen LogP contribution in [0.5, 0.6) is 11.5 Å². The summed E-state index contributed by atoms with van der Waals surface area (Å²) in [6.45, 7) is 4.52. The molecule has 0 bridgehead atoms. The average molecular weight is 381 g/mol. The molecule has 2 rings (SSSR count). The lowest BCUT2D eigenvalue weighted by Crippen LogP contribution is -2.27. The van der Waals surface area contributed by atoms with E-state index >= 15 is 0 Å². The van der Waals surface area contributed by atoms with Gasteiger partial charge in [0.25, 0.3) is 5.91 Å². The monoisotopic (exact) mass is 381 g/mol. The summed E-state index contributed by atoms with van der Waals surface area (Å²) in [6.07, 6.45) is 1.77. The van der Waals surface area contributed by atoms with Gasteiger partial charge in [0.15, 0.2) is 18.1 Å². The van der Waals surface area contributed by atoms with Gasteiger partial charge in [-0.2, -0.15) is 0 Å². The first kappa shape index (κ1) is 19.3. The summed E-state index contributed by atoms with van der Waals surface area (Å²) < 4.78 is 16.1. The van der Waals surface area contributed by atoms with Crippen LogP contribution >= 0.6 is 24.0 Å². The smallest absolute Gasteiger partial charge is 0.343 e. The molecule has 25 heavy (non-hydrogen) atoms. The number of benzene rings is 1. The zero-order valence-corrected chi connectivity index (χ0v) is 15.9. The minimum absolute atomic E-state index is 0.0959. The molecule has 1 heterocycles. The number of methoxy groups -OCH3 is 1. The lowest BCUT2D eigenvalue weighted by Gasteiger charge is -2.12. The lowest BCUT2D eigenvalue weighted by molar-refractivity contribution is -0.142. The molecule has 6 nitrogen and oxygen atoms in total. The molecule has 0 N–H and O–H groups in total. The van der Waals surface area contributed by atoms with E-state index in [1.54, 1.807) is 29.2 Å². The second kappa shape index (κ2) is 8.87. The Morgan fingerprint density at radius 2 is 2.04 bits per heavy atom. The second-order valence-electron chi connectivity index (χ2n) is 4.93. The molecular formula is C17H19NO5S2. The summed E-state index contributed by atoms with van der Waals surface area (Å²) in [4.78, 5) is 25.6. The van der Waals surface area contributed by atoms with Crippen LogP contribution in [0.1, 0.15) is 19.4 Å². The van der Waals surface area contributed by atoms with E-state index in [0.29, 0.717) is 33.9 Å². The molecule has 1 fully saturated rings. The van der Waals surface area contributed by atoms with Crippen LogP contribution in [0.2, 0.25) is 0 Å². The highest BCUT2D eigenvalue weighted by molar-refractivity contribution is 8.26. The number of amides is 1. The maximum absolute atomic E-state index is 12.3. The summed E-state index contributed by atoms with van der Waals surface area (Å²) in [5.74, 6) is 0.355. The van der Waals surface area contributed by atoms with Crippen molar-refractivity contribution < 1.29 is 23.8 Å². The lowest BCUT2D eigenvalue weighted by atomic mass is 10.2. The van der Waals surface area contributed by atoms with E-state index in [-0.39, 0.29) is 12.5 Å². The van der Waals surface area contributed by atoms with Gasteiger partial charge in [0, 0.05) is 6.54 Å². The van der Waals surface area contributed by atoms with Gasteiger partial charge >= 0.3 is 5.97 Å². The molecule has 1 amide bonds. The normalized spacial score (nSPS) is 15.6. The number of nitrogens with zero attached hydrogens (tertiary/aromatic N) is 1. The van der Waals surface area contributed by atoms with Crippen LogP contribution in [0.25, 0.3) is 6.08 Å². The molecule has 0 saturated carbocycles. The number of esters is 1. The predicted octanol–water partition coefficient (Wildman–Crippen LogP) is 2.86. The highest BCUT2D eigenvalue weighted by Gasteiger charge is 2.30. The minimum Gasteiger partial charge on any atom is -0.490 e. The average Bonchev–Trinajstić information content (AvgIpc) is 2.87. The number of likely N-dealkylation sites (N-methyl/N-ethyl adjacent to an activating group) is 1. The first-order chi connectivity index (χ1) is 12.0. The number of hydrogen-bond acceptors (Lipinski definition) is 7. The summed E-state index contributed by atoms with van der Waals surface area (Å²) in [5.41, 5.74) is 0.783. The number of thioether (sulfide) groups is 1. The number of ether oxygens (including phenoxy) is 3. The van der Waals surface area contributed by atoms with E-state index in [1.165, 1.54) is 18.9 Å². The van der Waals surface area contributed by atoms with Crippen LogP contribution in [-0.4, -0.2) is 48.0 Å². The molecule has 1 saturated heterocycles. The summed E-state index contributed by atoms with van der Waals surface area (Å²) in [5, 5.41) is 0. The third kappa shape index (κ3) is 4.73. The number of rotatable bonds is 7. The molecule has 0 radical (unpaired) electrons. The Kier molecular flexibility index (Phi) is 6.83. The van der Waals surface area contributed by atoms with Crippen LogP contribution in [0.15, 0.2) is 23.1 Å². The summed E-state index contributed by atoms with van der Waals surface area (Å²) >= 11 is 6.48. The molecule has 0 aliphatic carbocycles. The van der Waals surface area contributed by atoms with Crippen LogP contribution in [-0.2, 0) is 14.3 Å². The molecule has 0 unspecified atom stereocenters. The fraction of sp³-hybridized carbons (Fsp3) is 0.353. The van der Waals surface area contributed by atoms with Crippen LogP contribution in [0, 0.1) is 0 Å². The molecule has 0 spiro atoms. The van der Waals surface area contributed by atoms with Crippen molar-refractivity contribution in [3.05, 3.63) is 28.7 Å². The van der Waals surface area contributed by atoms with Crippen molar-refractivity contribution in [2.45, 2.75) is 13.8 Å². The largest absolute Gasteiger partial charge is 0.490 e. The topological polar surface area (TPSA) is 65.1 Å². The standard InChI is InChI=1S/C17H19NO5S2/c1-4-18-16(20)14(25-17(18)24)9-11-6-7-12(13(8-11)22-5-2)23-10-15(19)21-3/h6-9H,4-5,10H2,1-3H3/b14-9-. The van der Waals surface area contributed by atoms with Gasteiger partial charge in [0.1, 0.15) is 4.32 Å². The molecule has 0 aromatic heterocycles. The van der Waals surface area contributed by atoms with Crippen LogP contribution < -0.4 is 9.47 Å². The van der Waals surface area contributed by atoms with Gasteiger partial charge in [0.2, 0.25) is 0 Å². The van der Waals surface area contributed by atoms with Crippen molar-refractivity contribution in [2.75, 3.05) is 26.9 Å². The second-order valence-corrected chi connectivity index (χ2v) is 6.61. The highest BCUT2D eigenvalue weighted by atomic mass is 32.2.